The van der Waals surface area contributed by atoms with E-state index in [0.29, 0.717) is 5.11 Å². The molecule has 0 radical (unpaired) electrons. The zero-order valence-electron chi connectivity index (χ0n) is 3.66. The zero-order chi connectivity index (χ0) is 5.11. The van der Waals surface area contributed by atoms with Gasteiger partial charge in [-0.3, -0.25) is 0 Å². The van der Waals surface area contributed by atoms with Crippen LogP contribution >= 0.6 is 12.2 Å². The van der Waals surface area contributed by atoms with E-state index in [1.165, 1.54) is 0 Å². The molecule has 0 aliphatic carbocycles. The first-order chi connectivity index (χ1) is 3.39. The van der Waals surface area contributed by atoms with Crippen LogP contribution in [0.25, 0.3) is 0 Å². The normalized spacial score (nSPS) is 18.0. The molecular weight excluding hydrogens is 108 g/mol. The Kier molecular flexibility index (Phi) is 1.26. The summed E-state index contributed by atoms with van der Waals surface area (Å²) in [5.41, 5.74) is 0. The van der Waals surface area contributed by atoms with Gasteiger partial charge in [0, 0.05) is 18.9 Å². The zero-order valence-corrected chi connectivity index (χ0v) is 4.48. The van der Waals surface area contributed by atoms with Crippen molar-refractivity contribution in [3.05, 3.63) is 0 Å². The minimum absolute atomic E-state index is 0.436. The van der Waals surface area contributed by atoms with E-state index in [2.05, 4.69) is 22.2 Å². The van der Waals surface area contributed by atoms with Crippen molar-refractivity contribution in [2.24, 2.45) is 9.98 Å². The molecule has 0 aromatic carbocycles. The van der Waals surface area contributed by atoms with E-state index >= 15 is 0 Å². The fraction of sp³-hybridized carbons (Fsp3) is 0.250. The van der Waals surface area contributed by atoms with Crippen LogP contribution < -0.4 is 0 Å². The first-order valence-electron chi connectivity index (χ1n) is 1.98. The maximum atomic E-state index is 4.61. The molecule has 1 heterocycles. The van der Waals surface area contributed by atoms with Crippen LogP contribution in [-0.2, 0) is 0 Å². The molecule has 0 unspecified atom stereocenters. The lowest BCUT2D eigenvalue weighted by Crippen LogP contribution is -1.92. The van der Waals surface area contributed by atoms with E-state index in [9.17, 15) is 0 Å². The predicted molar refractivity (Wildman–Crippen MR) is 34.2 cm³/mol. The minimum Gasteiger partial charge on any atom is -0.231 e. The van der Waals surface area contributed by atoms with Gasteiger partial charge in [0.15, 0.2) is 0 Å². The molecule has 0 atom stereocenters. The van der Waals surface area contributed by atoms with Gasteiger partial charge >= 0.3 is 0 Å². The van der Waals surface area contributed by atoms with Crippen molar-refractivity contribution in [3.8, 4) is 0 Å². The Morgan fingerprint density at radius 3 is 2.29 bits per heavy atom. The van der Waals surface area contributed by atoms with Gasteiger partial charge in [-0.15, -0.1) is 0 Å². The third-order valence-corrected chi connectivity index (χ3v) is 0.825. The average Bonchev–Trinajstić information content (AvgIpc) is 1.69. The number of hydrogen-bond donors (Lipinski definition) is 0. The maximum absolute atomic E-state index is 4.61. The van der Waals surface area contributed by atoms with Crippen molar-refractivity contribution in [1.82, 2.24) is 0 Å². The van der Waals surface area contributed by atoms with Crippen molar-refractivity contribution in [3.63, 3.8) is 0 Å². The summed E-state index contributed by atoms with van der Waals surface area (Å²) in [6.07, 6.45) is 4.31. The van der Waals surface area contributed by atoms with Crippen LogP contribution in [0.2, 0.25) is 0 Å². The van der Waals surface area contributed by atoms with Crippen LogP contribution in [-0.4, -0.2) is 17.5 Å². The SMILES string of the molecule is S=C1N=CCC=N1. The van der Waals surface area contributed by atoms with Crippen molar-refractivity contribution in [2.75, 3.05) is 0 Å². The third-order valence-electron chi connectivity index (χ3n) is 0.614. The summed E-state index contributed by atoms with van der Waals surface area (Å²) in [4.78, 5) is 7.48. The molecule has 0 N–H and O–H groups in total. The molecule has 1 aliphatic heterocycles. The van der Waals surface area contributed by atoms with Crippen LogP contribution in [0.3, 0.4) is 0 Å². The van der Waals surface area contributed by atoms with E-state index in [1.807, 2.05) is 0 Å². The fourth-order valence-electron chi connectivity index (χ4n) is 0.342. The summed E-state index contributed by atoms with van der Waals surface area (Å²) in [6, 6.07) is 0. The van der Waals surface area contributed by atoms with Gasteiger partial charge < -0.3 is 0 Å². The Morgan fingerprint density at radius 1 is 1.43 bits per heavy atom. The molecule has 3 heteroatoms. The first-order valence-corrected chi connectivity index (χ1v) is 2.39. The highest BCUT2D eigenvalue weighted by Gasteiger charge is 1.87. The molecule has 36 valence electrons. The second-order valence-corrected chi connectivity index (χ2v) is 1.51. The molecule has 0 fully saturated rings. The van der Waals surface area contributed by atoms with Crippen molar-refractivity contribution >= 4 is 29.8 Å². The number of aliphatic imine (C=N–C) groups is 2. The van der Waals surface area contributed by atoms with Crippen molar-refractivity contribution in [2.45, 2.75) is 6.42 Å². The highest BCUT2D eigenvalue weighted by atomic mass is 32.1. The van der Waals surface area contributed by atoms with Crippen LogP contribution in [0.5, 0.6) is 0 Å². The van der Waals surface area contributed by atoms with Gasteiger partial charge in [0.1, 0.15) is 0 Å². The lowest BCUT2D eigenvalue weighted by Gasteiger charge is -1.89. The standard InChI is InChI=1S/C4H4N2S/c7-4-5-2-1-3-6-4/h2-3H,1H2. The van der Waals surface area contributed by atoms with Crippen LogP contribution in [0.1, 0.15) is 6.42 Å². The molecule has 7 heavy (non-hydrogen) atoms. The first kappa shape index (κ1) is 4.59. The topological polar surface area (TPSA) is 24.7 Å². The van der Waals surface area contributed by atoms with Gasteiger partial charge in [0.05, 0.1) is 0 Å². The van der Waals surface area contributed by atoms with Gasteiger partial charge in [-0.2, -0.15) is 0 Å². The lowest BCUT2D eigenvalue weighted by atomic mass is 10.5. The molecule has 0 amide bonds. The van der Waals surface area contributed by atoms with Crippen molar-refractivity contribution in [1.29, 1.82) is 0 Å². The summed E-state index contributed by atoms with van der Waals surface area (Å²) < 4.78 is 0. The second kappa shape index (κ2) is 1.93. The lowest BCUT2D eigenvalue weighted by molar-refractivity contribution is 1.51. The van der Waals surface area contributed by atoms with Crippen LogP contribution in [0.4, 0.5) is 0 Å². The van der Waals surface area contributed by atoms with Gasteiger partial charge in [0.2, 0.25) is 5.11 Å². The molecule has 1 rings (SSSR count). The van der Waals surface area contributed by atoms with Crippen LogP contribution in [0.15, 0.2) is 9.98 Å². The van der Waals surface area contributed by atoms with E-state index in [0.717, 1.165) is 6.42 Å². The summed E-state index contributed by atoms with van der Waals surface area (Å²) in [6.45, 7) is 0. The van der Waals surface area contributed by atoms with E-state index in [4.69, 9.17) is 0 Å². The highest BCUT2D eigenvalue weighted by molar-refractivity contribution is 7.80. The van der Waals surface area contributed by atoms with Gasteiger partial charge in [-0.1, -0.05) is 0 Å². The summed E-state index contributed by atoms with van der Waals surface area (Å²) in [5.74, 6) is 0. The third kappa shape index (κ3) is 1.16. The Bertz CT molecular complexity index is 123. The molecule has 0 saturated heterocycles. The molecule has 1 aliphatic rings. The molecule has 0 saturated carbocycles. The Balaban J connectivity index is 2.66. The molecule has 0 aromatic heterocycles. The monoisotopic (exact) mass is 112 g/mol. The smallest absolute Gasteiger partial charge is 0.218 e. The number of nitrogens with zero attached hydrogens (tertiary/aromatic N) is 2. The summed E-state index contributed by atoms with van der Waals surface area (Å²) in [7, 11) is 0. The number of hydrogen-bond acceptors (Lipinski definition) is 1. The Hall–Kier alpha value is -0.570. The van der Waals surface area contributed by atoms with Crippen LogP contribution in [0, 0.1) is 0 Å². The Morgan fingerprint density at radius 2 is 2.00 bits per heavy atom. The number of rotatable bonds is 0. The second-order valence-electron chi connectivity index (χ2n) is 1.14. The minimum atomic E-state index is 0.436. The van der Waals surface area contributed by atoms with E-state index in [1.54, 1.807) is 12.4 Å². The van der Waals surface area contributed by atoms with Gasteiger partial charge in [-0.25, -0.2) is 9.98 Å². The highest BCUT2D eigenvalue weighted by Crippen LogP contribution is 1.86. The van der Waals surface area contributed by atoms with Crippen molar-refractivity contribution < 1.29 is 0 Å². The van der Waals surface area contributed by atoms with E-state index < -0.39 is 0 Å². The summed E-state index contributed by atoms with van der Waals surface area (Å²) in [5, 5.41) is 0.436. The molecule has 0 aromatic rings. The quantitative estimate of drug-likeness (QED) is 0.426. The van der Waals surface area contributed by atoms with Gasteiger partial charge in [0.25, 0.3) is 0 Å². The maximum Gasteiger partial charge on any atom is 0.218 e. The number of thiocarbonyl (C=S) groups is 1. The summed E-state index contributed by atoms with van der Waals surface area (Å²) >= 11 is 4.61. The average molecular weight is 112 g/mol. The molecular formula is C4H4N2S. The largest absolute Gasteiger partial charge is 0.231 e. The molecule has 0 bridgehead atoms. The van der Waals surface area contributed by atoms with E-state index in [-0.39, 0.29) is 0 Å². The Labute approximate surface area is 47.0 Å². The van der Waals surface area contributed by atoms with Gasteiger partial charge in [-0.05, 0) is 12.2 Å². The molecule has 2 nitrogen and oxygen atoms in total. The fourth-order valence-corrected chi connectivity index (χ4v) is 0.491. The predicted octanol–water partition coefficient (Wildman–Crippen LogP) is 0.817. The molecule has 0 spiro atoms.